The monoisotopic (exact) mass is 280 g/mol. The van der Waals surface area contributed by atoms with Crippen molar-refractivity contribution in [2.75, 3.05) is 32.0 Å². The summed E-state index contributed by atoms with van der Waals surface area (Å²) in [6, 6.07) is 5.82. The zero-order valence-corrected chi connectivity index (χ0v) is 12.2. The molecular formula is C14H20N2O2S. The molecule has 5 heteroatoms. The van der Waals surface area contributed by atoms with Gasteiger partial charge in [0, 0.05) is 23.7 Å². The van der Waals surface area contributed by atoms with Gasteiger partial charge < -0.3 is 15.4 Å². The molecule has 1 atom stereocenters. The van der Waals surface area contributed by atoms with Crippen molar-refractivity contribution in [3.63, 3.8) is 0 Å². The standard InChI is InChI=1S/C14H20N2O2S/c1-10-12(15)4-3-5-13(10)19-11(2)14(17)16-6-8-18-9-7-16/h3-5,11H,6-9,15H2,1-2H3. The Kier molecular flexibility index (Phi) is 4.71. The zero-order valence-electron chi connectivity index (χ0n) is 11.4. The normalized spacial score (nSPS) is 17.3. The lowest BCUT2D eigenvalue weighted by Gasteiger charge is -2.29. The van der Waals surface area contributed by atoms with Crippen LogP contribution in [0.15, 0.2) is 23.1 Å². The predicted molar refractivity (Wildman–Crippen MR) is 78.3 cm³/mol. The topological polar surface area (TPSA) is 55.6 Å². The van der Waals surface area contributed by atoms with Gasteiger partial charge in [0.1, 0.15) is 0 Å². The molecule has 0 saturated carbocycles. The van der Waals surface area contributed by atoms with Crippen LogP contribution >= 0.6 is 11.8 Å². The maximum Gasteiger partial charge on any atom is 0.235 e. The first-order valence-corrected chi connectivity index (χ1v) is 7.36. The fourth-order valence-corrected chi connectivity index (χ4v) is 3.12. The van der Waals surface area contributed by atoms with E-state index in [0.29, 0.717) is 26.3 Å². The number of hydrogen-bond donors (Lipinski definition) is 1. The highest BCUT2D eigenvalue weighted by Gasteiger charge is 2.23. The molecule has 19 heavy (non-hydrogen) atoms. The van der Waals surface area contributed by atoms with E-state index in [1.54, 1.807) is 11.8 Å². The number of morpholine rings is 1. The van der Waals surface area contributed by atoms with Gasteiger partial charge in [-0.2, -0.15) is 0 Å². The van der Waals surface area contributed by atoms with Gasteiger partial charge in [-0.15, -0.1) is 11.8 Å². The summed E-state index contributed by atoms with van der Waals surface area (Å²) in [4.78, 5) is 15.3. The molecule has 0 bridgehead atoms. The molecule has 1 amide bonds. The predicted octanol–water partition coefficient (Wildman–Crippen LogP) is 1.92. The van der Waals surface area contributed by atoms with Crippen molar-refractivity contribution < 1.29 is 9.53 Å². The zero-order chi connectivity index (χ0) is 13.8. The summed E-state index contributed by atoms with van der Waals surface area (Å²) < 4.78 is 5.27. The van der Waals surface area contributed by atoms with E-state index in [1.807, 2.05) is 36.9 Å². The Balaban J connectivity index is 2.01. The second-order valence-corrected chi connectivity index (χ2v) is 6.05. The third kappa shape index (κ3) is 3.42. The average Bonchev–Trinajstić information content (AvgIpc) is 2.44. The van der Waals surface area contributed by atoms with Crippen molar-refractivity contribution in [2.45, 2.75) is 24.0 Å². The van der Waals surface area contributed by atoms with E-state index >= 15 is 0 Å². The van der Waals surface area contributed by atoms with E-state index in [2.05, 4.69) is 0 Å². The molecule has 1 fully saturated rings. The Morgan fingerprint density at radius 3 is 2.79 bits per heavy atom. The maximum absolute atomic E-state index is 12.3. The lowest BCUT2D eigenvalue weighted by atomic mass is 10.2. The van der Waals surface area contributed by atoms with Gasteiger partial charge in [0.05, 0.1) is 18.5 Å². The molecule has 0 aliphatic carbocycles. The van der Waals surface area contributed by atoms with Crippen molar-refractivity contribution in [1.82, 2.24) is 4.90 Å². The van der Waals surface area contributed by atoms with Crippen molar-refractivity contribution in [1.29, 1.82) is 0 Å². The van der Waals surface area contributed by atoms with Crippen LogP contribution in [0.2, 0.25) is 0 Å². The van der Waals surface area contributed by atoms with Gasteiger partial charge in [-0.3, -0.25) is 4.79 Å². The fourth-order valence-electron chi connectivity index (χ4n) is 2.04. The first-order chi connectivity index (χ1) is 9.09. The number of carbonyl (C=O) groups is 1. The molecule has 0 spiro atoms. The lowest BCUT2D eigenvalue weighted by Crippen LogP contribution is -2.44. The quantitative estimate of drug-likeness (QED) is 0.679. The van der Waals surface area contributed by atoms with Crippen LogP contribution in [0.5, 0.6) is 0 Å². The van der Waals surface area contributed by atoms with Crippen molar-refractivity contribution in [3.05, 3.63) is 23.8 Å². The molecule has 1 aromatic carbocycles. The molecule has 1 heterocycles. The molecule has 2 rings (SSSR count). The molecule has 0 radical (unpaired) electrons. The highest BCUT2D eigenvalue weighted by molar-refractivity contribution is 8.00. The van der Waals surface area contributed by atoms with Crippen LogP contribution in [-0.4, -0.2) is 42.4 Å². The second kappa shape index (κ2) is 6.30. The van der Waals surface area contributed by atoms with Gasteiger partial charge in [-0.25, -0.2) is 0 Å². The maximum atomic E-state index is 12.3. The number of ether oxygens (including phenoxy) is 1. The molecule has 2 N–H and O–H groups in total. The fraction of sp³-hybridized carbons (Fsp3) is 0.500. The highest BCUT2D eigenvalue weighted by atomic mass is 32.2. The number of thioether (sulfide) groups is 1. The minimum Gasteiger partial charge on any atom is -0.398 e. The van der Waals surface area contributed by atoms with E-state index in [9.17, 15) is 4.79 Å². The second-order valence-electron chi connectivity index (χ2n) is 4.67. The van der Waals surface area contributed by atoms with Crippen LogP contribution < -0.4 is 5.73 Å². The molecular weight excluding hydrogens is 260 g/mol. The first kappa shape index (κ1) is 14.2. The summed E-state index contributed by atoms with van der Waals surface area (Å²) in [6.45, 7) is 6.61. The van der Waals surface area contributed by atoms with Gasteiger partial charge in [-0.1, -0.05) is 6.07 Å². The number of rotatable bonds is 3. The molecule has 1 aromatic rings. The van der Waals surface area contributed by atoms with Crippen molar-refractivity contribution in [2.24, 2.45) is 0 Å². The molecule has 1 aliphatic heterocycles. The van der Waals surface area contributed by atoms with Crippen molar-refractivity contribution >= 4 is 23.4 Å². The number of carbonyl (C=O) groups excluding carboxylic acids is 1. The highest BCUT2D eigenvalue weighted by Crippen LogP contribution is 2.30. The van der Waals surface area contributed by atoms with Gasteiger partial charge in [0.25, 0.3) is 0 Å². The Labute approximate surface area is 118 Å². The van der Waals surface area contributed by atoms with Gasteiger partial charge in [0.15, 0.2) is 0 Å². The van der Waals surface area contributed by atoms with Gasteiger partial charge in [0.2, 0.25) is 5.91 Å². The number of amides is 1. The van der Waals surface area contributed by atoms with Crippen LogP contribution in [-0.2, 0) is 9.53 Å². The molecule has 1 aliphatic rings. The smallest absolute Gasteiger partial charge is 0.235 e. The number of nitrogens with zero attached hydrogens (tertiary/aromatic N) is 1. The summed E-state index contributed by atoms with van der Waals surface area (Å²) in [5.41, 5.74) is 7.71. The third-order valence-corrected chi connectivity index (χ3v) is 4.55. The Bertz CT molecular complexity index is 459. The molecule has 1 saturated heterocycles. The minimum absolute atomic E-state index is 0.0985. The van der Waals surface area contributed by atoms with E-state index in [0.717, 1.165) is 16.1 Å². The number of nitrogens with two attached hydrogens (primary N) is 1. The third-order valence-electron chi connectivity index (χ3n) is 3.30. The van der Waals surface area contributed by atoms with E-state index < -0.39 is 0 Å². The van der Waals surface area contributed by atoms with Crippen molar-refractivity contribution in [3.8, 4) is 0 Å². The first-order valence-electron chi connectivity index (χ1n) is 6.48. The van der Waals surface area contributed by atoms with Gasteiger partial charge >= 0.3 is 0 Å². The number of anilines is 1. The Morgan fingerprint density at radius 2 is 2.11 bits per heavy atom. The number of benzene rings is 1. The SMILES string of the molecule is Cc1c(N)cccc1SC(C)C(=O)N1CCOCC1. The summed E-state index contributed by atoms with van der Waals surface area (Å²) in [6.07, 6.45) is 0. The van der Waals surface area contributed by atoms with E-state index in [1.165, 1.54) is 0 Å². The van der Waals surface area contributed by atoms with E-state index in [-0.39, 0.29) is 11.2 Å². The summed E-state index contributed by atoms with van der Waals surface area (Å²) >= 11 is 1.57. The summed E-state index contributed by atoms with van der Waals surface area (Å²) in [5, 5.41) is -0.0985. The Morgan fingerprint density at radius 1 is 1.42 bits per heavy atom. The largest absolute Gasteiger partial charge is 0.398 e. The molecule has 1 unspecified atom stereocenters. The molecule has 0 aromatic heterocycles. The molecule has 104 valence electrons. The number of nitrogen functional groups attached to an aromatic ring is 1. The average molecular weight is 280 g/mol. The Hall–Kier alpha value is -1.20. The van der Waals surface area contributed by atoms with Crippen LogP contribution in [0.3, 0.4) is 0 Å². The van der Waals surface area contributed by atoms with Crippen LogP contribution in [0.1, 0.15) is 12.5 Å². The van der Waals surface area contributed by atoms with Crippen LogP contribution in [0.25, 0.3) is 0 Å². The number of hydrogen-bond acceptors (Lipinski definition) is 4. The van der Waals surface area contributed by atoms with Crippen LogP contribution in [0.4, 0.5) is 5.69 Å². The summed E-state index contributed by atoms with van der Waals surface area (Å²) in [5.74, 6) is 0.176. The van der Waals surface area contributed by atoms with E-state index in [4.69, 9.17) is 10.5 Å². The summed E-state index contributed by atoms with van der Waals surface area (Å²) in [7, 11) is 0. The lowest BCUT2D eigenvalue weighted by molar-refractivity contribution is -0.134. The minimum atomic E-state index is -0.0985. The van der Waals surface area contributed by atoms with Crippen LogP contribution in [0, 0.1) is 6.92 Å². The van der Waals surface area contributed by atoms with Gasteiger partial charge in [-0.05, 0) is 31.5 Å². The molecule has 4 nitrogen and oxygen atoms in total.